The van der Waals surface area contributed by atoms with Crippen LogP contribution in [0.4, 0.5) is 0 Å². The number of hydrogen-bond donors (Lipinski definition) is 2. The Morgan fingerprint density at radius 3 is 2.90 bits per heavy atom. The monoisotopic (exact) mass is 328 g/mol. The molecule has 1 heterocycles. The summed E-state index contributed by atoms with van der Waals surface area (Å²) < 4.78 is 26.8. The van der Waals surface area contributed by atoms with Gasteiger partial charge >= 0.3 is 0 Å². The van der Waals surface area contributed by atoms with Crippen molar-refractivity contribution < 1.29 is 13.5 Å². The Morgan fingerprint density at radius 2 is 2.24 bits per heavy atom. The van der Waals surface area contributed by atoms with Gasteiger partial charge in [0.2, 0.25) is 10.0 Å². The summed E-state index contributed by atoms with van der Waals surface area (Å²) in [5, 5.41) is 9.07. The number of hydrogen-bond acceptors (Lipinski definition) is 5. The van der Waals surface area contributed by atoms with E-state index in [0.717, 1.165) is 6.42 Å². The van der Waals surface area contributed by atoms with Gasteiger partial charge in [0.25, 0.3) is 0 Å². The largest absolute Gasteiger partial charge is 0.395 e. The van der Waals surface area contributed by atoms with Gasteiger partial charge in [0.05, 0.1) is 6.61 Å². The van der Waals surface area contributed by atoms with Crippen molar-refractivity contribution in [3.05, 3.63) is 24.0 Å². The number of pyridine rings is 1. The van der Waals surface area contributed by atoms with Crippen LogP contribution in [0.15, 0.2) is 23.4 Å². The van der Waals surface area contributed by atoms with Crippen LogP contribution in [-0.4, -0.2) is 43.2 Å². The zero-order valence-corrected chi connectivity index (χ0v) is 13.8. The Hall–Kier alpha value is -1.07. The number of nitrogens with one attached hydrogen (secondary N) is 1. The average molecular weight is 328 g/mol. The van der Waals surface area contributed by atoms with Crippen LogP contribution in [0.3, 0.4) is 0 Å². The summed E-state index contributed by atoms with van der Waals surface area (Å²) >= 11 is 1.70. The van der Waals surface area contributed by atoms with E-state index in [1.54, 1.807) is 11.8 Å². The zero-order valence-electron chi connectivity index (χ0n) is 12.2. The van der Waals surface area contributed by atoms with E-state index in [2.05, 4.69) is 28.5 Å². The number of aromatic nitrogens is 1. The molecular weight excluding hydrogens is 308 g/mol. The molecular formula is C14H20N2O3S2. The lowest BCUT2D eigenvalue weighted by Crippen LogP contribution is -2.26. The molecule has 0 spiro atoms. The van der Waals surface area contributed by atoms with E-state index in [0.29, 0.717) is 23.8 Å². The first-order chi connectivity index (χ1) is 9.99. The highest BCUT2D eigenvalue weighted by Gasteiger charge is 2.14. The molecule has 0 saturated carbocycles. The van der Waals surface area contributed by atoms with Crippen LogP contribution in [0.2, 0.25) is 0 Å². The smallest absolute Gasteiger partial charge is 0.242 e. The third-order valence-electron chi connectivity index (χ3n) is 2.74. The molecule has 1 aromatic rings. The summed E-state index contributed by atoms with van der Waals surface area (Å²) in [6.45, 7) is 2.43. The second-order valence-electron chi connectivity index (χ2n) is 4.42. The Morgan fingerprint density at radius 1 is 1.48 bits per heavy atom. The average Bonchev–Trinajstić information content (AvgIpc) is 2.47. The van der Waals surface area contributed by atoms with E-state index < -0.39 is 10.0 Å². The first kappa shape index (κ1) is 18.0. The lowest BCUT2D eigenvalue weighted by atomic mass is 10.3. The van der Waals surface area contributed by atoms with Crippen LogP contribution in [0.25, 0.3) is 0 Å². The van der Waals surface area contributed by atoms with Gasteiger partial charge in [-0.25, -0.2) is 13.1 Å². The summed E-state index contributed by atoms with van der Waals surface area (Å²) in [4.78, 5) is 4.01. The van der Waals surface area contributed by atoms with E-state index in [4.69, 9.17) is 5.11 Å². The molecule has 0 bridgehead atoms. The summed E-state index contributed by atoms with van der Waals surface area (Å²) in [6, 6.07) is 1.48. The van der Waals surface area contributed by atoms with Crippen molar-refractivity contribution in [3.8, 4) is 11.8 Å². The predicted molar refractivity (Wildman–Crippen MR) is 85.6 cm³/mol. The third kappa shape index (κ3) is 6.48. The third-order valence-corrected chi connectivity index (χ3v) is 5.21. The molecule has 0 aromatic carbocycles. The minimum atomic E-state index is -3.56. The second-order valence-corrected chi connectivity index (χ2v) is 7.46. The molecule has 1 rings (SSSR count). The summed E-state index contributed by atoms with van der Waals surface area (Å²) in [5.41, 5.74) is 0.517. The maximum Gasteiger partial charge on any atom is 0.242 e. The second kappa shape index (κ2) is 9.05. The molecule has 116 valence electrons. The van der Waals surface area contributed by atoms with Gasteiger partial charge in [0.15, 0.2) is 0 Å². The molecule has 0 aliphatic rings. The fourth-order valence-corrected chi connectivity index (χ4v) is 2.84. The normalized spacial score (nSPS) is 12.5. The Labute approximate surface area is 130 Å². The minimum absolute atomic E-state index is 0.0202. The first-order valence-electron chi connectivity index (χ1n) is 6.57. The van der Waals surface area contributed by atoms with E-state index in [-0.39, 0.29) is 11.5 Å². The van der Waals surface area contributed by atoms with E-state index in [9.17, 15) is 8.42 Å². The highest BCUT2D eigenvalue weighted by molar-refractivity contribution is 7.99. The maximum absolute atomic E-state index is 12.1. The quantitative estimate of drug-likeness (QED) is 0.736. The number of thioether (sulfide) groups is 1. The molecule has 0 fully saturated rings. The molecule has 21 heavy (non-hydrogen) atoms. The Balaban J connectivity index is 2.75. The molecule has 0 saturated heterocycles. The van der Waals surface area contributed by atoms with Crippen LogP contribution < -0.4 is 4.72 Å². The molecule has 1 unspecified atom stereocenters. The molecule has 1 atom stereocenters. The van der Waals surface area contributed by atoms with Crippen molar-refractivity contribution in [2.75, 3.05) is 19.4 Å². The lowest BCUT2D eigenvalue weighted by molar-refractivity contribution is 0.305. The van der Waals surface area contributed by atoms with Gasteiger partial charge in [0.1, 0.15) is 4.90 Å². The molecule has 5 nitrogen and oxygen atoms in total. The van der Waals surface area contributed by atoms with Crippen molar-refractivity contribution in [1.82, 2.24) is 9.71 Å². The molecule has 7 heteroatoms. The van der Waals surface area contributed by atoms with Crippen LogP contribution in [0.5, 0.6) is 0 Å². The van der Waals surface area contributed by atoms with Crippen molar-refractivity contribution in [1.29, 1.82) is 0 Å². The fourth-order valence-electron chi connectivity index (χ4n) is 1.45. The lowest BCUT2D eigenvalue weighted by Gasteiger charge is -2.09. The van der Waals surface area contributed by atoms with Crippen molar-refractivity contribution >= 4 is 21.8 Å². The number of sulfonamides is 1. The van der Waals surface area contributed by atoms with Gasteiger partial charge in [-0.2, -0.15) is 11.8 Å². The Bertz CT molecular complexity index is 606. The van der Waals surface area contributed by atoms with Crippen LogP contribution in [0.1, 0.15) is 25.3 Å². The highest BCUT2D eigenvalue weighted by Crippen LogP contribution is 2.11. The summed E-state index contributed by atoms with van der Waals surface area (Å²) in [7, 11) is -3.56. The minimum Gasteiger partial charge on any atom is -0.395 e. The fraction of sp³-hybridized carbons (Fsp3) is 0.500. The molecule has 0 aliphatic carbocycles. The van der Waals surface area contributed by atoms with E-state index in [1.807, 2.05) is 6.26 Å². The molecule has 0 amide bonds. The van der Waals surface area contributed by atoms with Gasteiger partial charge in [-0.05, 0) is 18.7 Å². The van der Waals surface area contributed by atoms with Crippen molar-refractivity contribution in [2.24, 2.45) is 0 Å². The van der Waals surface area contributed by atoms with E-state index >= 15 is 0 Å². The standard InChI is InChI=1S/C14H20N2O3S2/c1-12(20-2)6-7-16-21(18,19)14-9-13(10-15-11-14)5-3-4-8-17/h9-12,16-17H,4,6-8H2,1-2H3. The van der Waals surface area contributed by atoms with Crippen LogP contribution in [-0.2, 0) is 10.0 Å². The van der Waals surface area contributed by atoms with Crippen molar-refractivity contribution in [2.45, 2.75) is 29.9 Å². The molecule has 2 N–H and O–H groups in total. The summed E-state index contributed by atoms with van der Waals surface area (Å²) in [5.74, 6) is 5.51. The van der Waals surface area contributed by atoms with Gasteiger partial charge in [-0.1, -0.05) is 18.8 Å². The molecule has 0 aliphatic heterocycles. The van der Waals surface area contributed by atoms with Gasteiger partial charge < -0.3 is 5.11 Å². The maximum atomic E-state index is 12.1. The van der Waals surface area contributed by atoms with Crippen LogP contribution in [0, 0.1) is 11.8 Å². The summed E-state index contributed by atoms with van der Waals surface area (Å²) in [6.07, 6.45) is 5.92. The predicted octanol–water partition coefficient (Wildman–Crippen LogP) is 1.24. The SMILES string of the molecule is CSC(C)CCNS(=O)(=O)c1cncc(C#CCCO)c1. The van der Waals surface area contributed by atoms with Gasteiger partial charge in [-0.15, -0.1) is 0 Å². The number of aliphatic hydroxyl groups is 1. The number of aliphatic hydroxyl groups excluding tert-OH is 1. The number of nitrogens with zero attached hydrogens (tertiary/aromatic N) is 1. The van der Waals surface area contributed by atoms with Gasteiger partial charge in [-0.3, -0.25) is 4.98 Å². The zero-order chi connectivity index (χ0) is 15.7. The highest BCUT2D eigenvalue weighted by atomic mass is 32.2. The topological polar surface area (TPSA) is 79.3 Å². The van der Waals surface area contributed by atoms with Crippen molar-refractivity contribution in [3.63, 3.8) is 0 Å². The van der Waals surface area contributed by atoms with E-state index in [1.165, 1.54) is 18.5 Å². The molecule has 1 aromatic heterocycles. The Kier molecular flexibility index (Phi) is 7.75. The van der Waals surface area contributed by atoms with Crippen LogP contribution >= 0.6 is 11.8 Å². The first-order valence-corrected chi connectivity index (χ1v) is 9.34. The van der Waals surface area contributed by atoms with Gasteiger partial charge in [0, 0.05) is 36.2 Å². The molecule has 0 radical (unpaired) electrons. The number of rotatable bonds is 7.